The molecule has 0 saturated heterocycles. The molecule has 0 bridgehead atoms. The summed E-state index contributed by atoms with van der Waals surface area (Å²) in [6, 6.07) is 19.1. The third-order valence-electron chi connectivity index (χ3n) is 4.97. The van der Waals surface area contributed by atoms with Gasteiger partial charge in [-0.3, -0.25) is 5.73 Å². The number of nitrogen functional groups attached to an aromatic ring is 1. The predicted molar refractivity (Wildman–Crippen MR) is 114 cm³/mol. The van der Waals surface area contributed by atoms with Gasteiger partial charge in [0.25, 0.3) is 0 Å². The monoisotopic (exact) mass is 414 g/mol. The SMILES string of the molecule is Nc1n(CCCCCCCCBr)c2ccccc2[n+]1Cc1ccccc1. The number of nitrogens with zero attached hydrogens (tertiary/aromatic N) is 2. The van der Waals surface area contributed by atoms with Crippen molar-refractivity contribution in [3.05, 3.63) is 60.2 Å². The van der Waals surface area contributed by atoms with Crippen molar-refractivity contribution in [1.82, 2.24) is 4.57 Å². The van der Waals surface area contributed by atoms with Crippen LogP contribution in [-0.4, -0.2) is 9.90 Å². The van der Waals surface area contributed by atoms with Crippen LogP contribution in [0.5, 0.6) is 0 Å². The number of hydrogen-bond donors (Lipinski definition) is 1. The van der Waals surface area contributed by atoms with Crippen molar-refractivity contribution in [2.75, 3.05) is 11.1 Å². The number of unbranched alkanes of at least 4 members (excludes halogenated alkanes) is 5. The van der Waals surface area contributed by atoms with Gasteiger partial charge in [-0.2, -0.15) is 0 Å². The number of rotatable bonds is 10. The maximum absolute atomic E-state index is 6.57. The summed E-state index contributed by atoms with van der Waals surface area (Å²) in [5.74, 6) is 0.856. The number of hydrogen-bond acceptors (Lipinski definition) is 1. The van der Waals surface area contributed by atoms with Crippen LogP contribution < -0.4 is 10.3 Å². The average molecular weight is 415 g/mol. The third-order valence-corrected chi connectivity index (χ3v) is 5.53. The summed E-state index contributed by atoms with van der Waals surface area (Å²) in [6.45, 7) is 1.80. The van der Waals surface area contributed by atoms with E-state index in [1.165, 1.54) is 55.1 Å². The molecule has 0 amide bonds. The van der Waals surface area contributed by atoms with Crippen LogP contribution in [0.4, 0.5) is 5.95 Å². The second-order valence-corrected chi connectivity index (χ2v) is 7.67. The van der Waals surface area contributed by atoms with E-state index in [0.29, 0.717) is 0 Å². The lowest BCUT2D eigenvalue weighted by Crippen LogP contribution is -2.37. The second kappa shape index (κ2) is 9.77. The van der Waals surface area contributed by atoms with Crippen molar-refractivity contribution in [3.63, 3.8) is 0 Å². The molecule has 0 atom stereocenters. The molecular formula is C22H29BrN3+. The molecule has 1 heterocycles. The number of benzene rings is 2. The molecule has 3 rings (SSSR count). The average Bonchev–Trinajstić information content (AvgIpc) is 2.94. The summed E-state index contributed by atoms with van der Waals surface area (Å²) < 4.78 is 4.53. The van der Waals surface area contributed by atoms with Crippen LogP contribution in [0.25, 0.3) is 11.0 Å². The molecule has 0 unspecified atom stereocenters. The standard InChI is InChI=1S/C22H28BrN3/c23-16-10-3-1-2-4-11-17-25-20-14-8-9-15-21(20)26(22(25)24)18-19-12-6-5-7-13-19/h5-9,12-15,24H,1-4,10-11,16-18H2/p+1. The van der Waals surface area contributed by atoms with E-state index in [1.54, 1.807) is 0 Å². The molecule has 138 valence electrons. The fraction of sp³-hybridized carbons (Fsp3) is 0.409. The molecule has 0 aliphatic rings. The number of nitrogens with two attached hydrogens (primary N) is 1. The van der Waals surface area contributed by atoms with E-state index in [0.717, 1.165) is 24.4 Å². The molecule has 2 aromatic carbocycles. The molecule has 4 heteroatoms. The summed E-state index contributed by atoms with van der Waals surface area (Å²) in [4.78, 5) is 0. The first-order valence-electron chi connectivity index (χ1n) is 9.67. The smallest absolute Gasteiger partial charge is 0.290 e. The first-order valence-corrected chi connectivity index (χ1v) is 10.8. The highest BCUT2D eigenvalue weighted by Gasteiger charge is 2.20. The summed E-state index contributed by atoms with van der Waals surface area (Å²) in [7, 11) is 0. The fourth-order valence-corrected chi connectivity index (χ4v) is 3.95. The minimum absolute atomic E-state index is 0.812. The Kier molecular flexibility index (Phi) is 7.13. The normalized spacial score (nSPS) is 11.3. The van der Waals surface area contributed by atoms with E-state index < -0.39 is 0 Å². The molecule has 3 nitrogen and oxygen atoms in total. The topological polar surface area (TPSA) is 34.8 Å². The van der Waals surface area contributed by atoms with Gasteiger partial charge in [-0.1, -0.05) is 84.1 Å². The lowest BCUT2D eigenvalue weighted by atomic mass is 10.1. The van der Waals surface area contributed by atoms with E-state index >= 15 is 0 Å². The molecule has 26 heavy (non-hydrogen) atoms. The number of aryl methyl sites for hydroxylation is 1. The molecule has 0 spiro atoms. The highest BCUT2D eigenvalue weighted by Crippen LogP contribution is 2.18. The van der Waals surface area contributed by atoms with E-state index in [2.05, 4.69) is 79.7 Å². The Labute approximate surface area is 165 Å². The maximum atomic E-state index is 6.57. The van der Waals surface area contributed by atoms with Crippen LogP contribution in [0.1, 0.15) is 44.1 Å². The van der Waals surface area contributed by atoms with E-state index in [-0.39, 0.29) is 0 Å². The molecular weight excluding hydrogens is 386 g/mol. The van der Waals surface area contributed by atoms with Crippen molar-refractivity contribution in [2.24, 2.45) is 0 Å². The first-order chi connectivity index (χ1) is 12.8. The number of anilines is 1. The van der Waals surface area contributed by atoms with E-state index in [4.69, 9.17) is 5.73 Å². The molecule has 0 radical (unpaired) electrons. The Morgan fingerprint density at radius 2 is 1.46 bits per heavy atom. The molecule has 0 aliphatic carbocycles. The Morgan fingerprint density at radius 1 is 0.808 bits per heavy atom. The summed E-state index contributed by atoms with van der Waals surface area (Å²) in [6.07, 6.45) is 7.72. The molecule has 0 fully saturated rings. The van der Waals surface area contributed by atoms with Gasteiger partial charge in [-0.05, 0) is 30.5 Å². The van der Waals surface area contributed by atoms with Gasteiger partial charge in [0.05, 0.1) is 13.1 Å². The number of imidazole rings is 1. The molecule has 3 aromatic rings. The number of fused-ring (bicyclic) bond motifs is 1. The van der Waals surface area contributed by atoms with Gasteiger partial charge in [-0.25, -0.2) is 9.13 Å². The van der Waals surface area contributed by atoms with Crippen LogP contribution >= 0.6 is 15.9 Å². The van der Waals surface area contributed by atoms with Crippen LogP contribution in [0.2, 0.25) is 0 Å². The lowest BCUT2D eigenvalue weighted by Gasteiger charge is -2.03. The van der Waals surface area contributed by atoms with Crippen LogP contribution in [-0.2, 0) is 13.1 Å². The largest absolute Gasteiger partial charge is 0.356 e. The van der Waals surface area contributed by atoms with Crippen LogP contribution in [0.15, 0.2) is 54.6 Å². The molecule has 0 aliphatic heterocycles. The van der Waals surface area contributed by atoms with Gasteiger partial charge in [0.1, 0.15) is 11.0 Å². The Morgan fingerprint density at radius 3 is 2.23 bits per heavy atom. The van der Waals surface area contributed by atoms with Gasteiger partial charge in [-0.15, -0.1) is 0 Å². The van der Waals surface area contributed by atoms with Gasteiger partial charge in [0.15, 0.2) is 0 Å². The quantitative estimate of drug-likeness (QED) is 0.272. The molecule has 2 N–H and O–H groups in total. The fourth-order valence-electron chi connectivity index (χ4n) is 3.55. The van der Waals surface area contributed by atoms with Crippen molar-refractivity contribution in [2.45, 2.75) is 51.6 Å². The van der Waals surface area contributed by atoms with Crippen molar-refractivity contribution in [1.29, 1.82) is 0 Å². The van der Waals surface area contributed by atoms with Gasteiger partial charge in [0, 0.05) is 5.33 Å². The van der Waals surface area contributed by atoms with Gasteiger partial charge >= 0.3 is 5.95 Å². The van der Waals surface area contributed by atoms with E-state index in [9.17, 15) is 0 Å². The summed E-state index contributed by atoms with van der Waals surface area (Å²) >= 11 is 3.50. The highest BCUT2D eigenvalue weighted by atomic mass is 79.9. The van der Waals surface area contributed by atoms with Gasteiger partial charge in [0.2, 0.25) is 0 Å². The zero-order valence-electron chi connectivity index (χ0n) is 15.4. The number of aromatic nitrogens is 2. The van der Waals surface area contributed by atoms with Crippen LogP contribution in [0.3, 0.4) is 0 Å². The zero-order chi connectivity index (χ0) is 18.2. The Hall–Kier alpha value is -1.81. The zero-order valence-corrected chi connectivity index (χ0v) is 17.0. The minimum atomic E-state index is 0.812. The summed E-state index contributed by atoms with van der Waals surface area (Å²) in [5.41, 5.74) is 10.3. The maximum Gasteiger partial charge on any atom is 0.356 e. The number of para-hydroxylation sites is 2. The van der Waals surface area contributed by atoms with Gasteiger partial charge < -0.3 is 0 Å². The Balaban J connectivity index is 1.71. The molecule has 1 aromatic heterocycles. The Bertz CT molecular complexity index is 811. The van der Waals surface area contributed by atoms with Crippen molar-refractivity contribution < 1.29 is 4.57 Å². The lowest BCUT2D eigenvalue weighted by molar-refractivity contribution is -0.648. The molecule has 0 saturated carbocycles. The first kappa shape index (κ1) is 19.0. The minimum Gasteiger partial charge on any atom is -0.290 e. The van der Waals surface area contributed by atoms with Crippen LogP contribution in [0, 0.1) is 0 Å². The summed E-state index contributed by atoms with van der Waals surface area (Å²) in [5, 5.41) is 1.13. The highest BCUT2D eigenvalue weighted by molar-refractivity contribution is 9.09. The van der Waals surface area contributed by atoms with Crippen molar-refractivity contribution in [3.8, 4) is 0 Å². The van der Waals surface area contributed by atoms with Crippen molar-refractivity contribution >= 4 is 32.9 Å². The van der Waals surface area contributed by atoms with E-state index in [1.807, 2.05) is 0 Å². The predicted octanol–water partition coefficient (Wildman–Crippen LogP) is 5.29. The second-order valence-electron chi connectivity index (χ2n) is 6.88. The third kappa shape index (κ3) is 4.67. The number of halogens is 1. The number of alkyl halides is 1.